The van der Waals surface area contributed by atoms with Crippen LogP contribution in [0.3, 0.4) is 0 Å². The Morgan fingerprint density at radius 3 is 2.85 bits per heavy atom. The number of anilines is 1. The van der Waals surface area contributed by atoms with E-state index in [0.29, 0.717) is 31.4 Å². The Labute approximate surface area is 189 Å². The molecule has 0 aliphatic carbocycles. The molecular weight excluding hydrogens is 430 g/mol. The zero-order valence-electron chi connectivity index (χ0n) is 18.1. The number of carbonyl (C=O) groups excluding carboxylic acids is 2. The van der Waals surface area contributed by atoms with Crippen molar-refractivity contribution in [3.63, 3.8) is 0 Å². The highest BCUT2D eigenvalue weighted by molar-refractivity contribution is 5.99. The first kappa shape index (κ1) is 22.4. The second-order valence-electron chi connectivity index (χ2n) is 7.94. The molecule has 1 fully saturated rings. The standard InChI is InChI=1S/C23H24F2N6O2/c1-31-13-15(11-28-31)21-19(25)10-18(23(33)27-12-17-5-6-20(32)29-17)22(30-21)26-8-7-14-3-2-4-16(24)9-14/h2-4,9-11,13,17H,5-8,12H2,1H3,(H,26,30)(H,27,33)(H,29,32)/t17-/m1/s1. The molecule has 0 bridgehead atoms. The molecule has 4 rings (SSSR count). The topological polar surface area (TPSA) is 101 Å². The van der Waals surface area contributed by atoms with Gasteiger partial charge in [0.2, 0.25) is 5.91 Å². The molecule has 2 aromatic heterocycles. The molecule has 1 atom stereocenters. The van der Waals surface area contributed by atoms with Crippen molar-refractivity contribution in [1.29, 1.82) is 0 Å². The Kier molecular flexibility index (Phi) is 6.62. The molecule has 0 spiro atoms. The summed E-state index contributed by atoms with van der Waals surface area (Å²) in [6.07, 6.45) is 4.65. The zero-order valence-corrected chi connectivity index (χ0v) is 18.1. The van der Waals surface area contributed by atoms with Crippen molar-refractivity contribution in [1.82, 2.24) is 25.4 Å². The van der Waals surface area contributed by atoms with Crippen LogP contribution in [-0.2, 0) is 18.3 Å². The quantitative estimate of drug-likeness (QED) is 0.485. The lowest BCUT2D eigenvalue weighted by Gasteiger charge is -2.15. The molecule has 0 radical (unpaired) electrons. The molecule has 1 aromatic carbocycles. The van der Waals surface area contributed by atoms with E-state index in [4.69, 9.17) is 0 Å². The number of hydrogen-bond donors (Lipinski definition) is 3. The number of benzene rings is 1. The van der Waals surface area contributed by atoms with Gasteiger partial charge in [-0.2, -0.15) is 5.10 Å². The number of halogens is 2. The molecule has 33 heavy (non-hydrogen) atoms. The number of aromatic nitrogens is 3. The number of nitrogens with zero attached hydrogens (tertiary/aromatic N) is 3. The van der Waals surface area contributed by atoms with Crippen LogP contribution in [0.15, 0.2) is 42.7 Å². The van der Waals surface area contributed by atoms with E-state index in [0.717, 1.165) is 11.6 Å². The number of hydrogen-bond acceptors (Lipinski definition) is 5. The summed E-state index contributed by atoms with van der Waals surface area (Å²) < 4.78 is 29.9. The minimum atomic E-state index is -0.655. The smallest absolute Gasteiger partial charge is 0.255 e. The third kappa shape index (κ3) is 5.51. The highest BCUT2D eigenvalue weighted by Gasteiger charge is 2.23. The third-order valence-corrected chi connectivity index (χ3v) is 5.39. The molecule has 0 unspecified atom stereocenters. The molecule has 10 heteroatoms. The summed E-state index contributed by atoms with van der Waals surface area (Å²) >= 11 is 0. The van der Waals surface area contributed by atoms with Crippen LogP contribution in [0.1, 0.15) is 28.8 Å². The SMILES string of the molecule is Cn1cc(-c2nc(NCCc3cccc(F)c3)c(C(=O)NC[C@H]3CCC(=O)N3)cc2F)cn1. The average molecular weight is 454 g/mol. The van der Waals surface area contributed by atoms with Crippen molar-refractivity contribution in [2.24, 2.45) is 7.05 Å². The minimum Gasteiger partial charge on any atom is -0.369 e. The maximum absolute atomic E-state index is 14.9. The van der Waals surface area contributed by atoms with Gasteiger partial charge < -0.3 is 16.0 Å². The van der Waals surface area contributed by atoms with Crippen LogP contribution < -0.4 is 16.0 Å². The molecule has 1 aliphatic heterocycles. The van der Waals surface area contributed by atoms with Crippen molar-refractivity contribution < 1.29 is 18.4 Å². The van der Waals surface area contributed by atoms with Crippen molar-refractivity contribution in [3.05, 3.63) is 65.5 Å². The van der Waals surface area contributed by atoms with Gasteiger partial charge in [0.15, 0.2) is 5.82 Å². The predicted octanol–water partition coefficient (Wildman–Crippen LogP) is 2.42. The summed E-state index contributed by atoms with van der Waals surface area (Å²) in [6, 6.07) is 7.22. The van der Waals surface area contributed by atoms with Crippen LogP contribution in [0.2, 0.25) is 0 Å². The second-order valence-corrected chi connectivity index (χ2v) is 7.94. The van der Waals surface area contributed by atoms with Gasteiger partial charge in [-0.3, -0.25) is 14.3 Å². The van der Waals surface area contributed by atoms with E-state index in [1.165, 1.54) is 23.0 Å². The van der Waals surface area contributed by atoms with E-state index in [1.54, 1.807) is 25.4 Å². The van der Waals surface area contributed by atoms with E-state index in [1.807, 2.05) is 0 Å². The van der Waals surface area contributed by atoms with Gasteiger partial charge >= 0.3 is 0 Å². The summed E-state index contributed by atoms with van der Waals surface area (Å²) in [7, 11) is 1.71. The number of carbonyl (C=O) groups is 2. The van der Waals surface area contributed by atoms with Gasteiger partial charge in [0.25, 0.3) is 5.91 Å². The van der Waals surface area contributed by atoms with Crippen LogP contribution in [0.25, 0.3) is 11.3 Å². The molecule has 1 saturated heterocycles. The fraction of sp³-hybridized carbons (Fsp3) is 0.304. The number of amides is 2. The molecule has 172 valence electrons. The van der Waals surface area contributed by atoms with Gasteiger partial charge in [0.1, 0.15) is 17.3 Å². The summed E-state index contributed by atoms with van der Waals surface area (Å²) in [5, 5.41) is 12.7. The van der Waals surface area contributed by atoms with Crippen molar-refractivity contribution >= 4 is 17.6 Å². The molecular formula is C23H24F2N6O2. The summed E-state index contributed by atoms with van der Waals surface area (Å²) in [5.74, 6) is -1.33. The molecule has 2 amide bonds. The maximum Gasteiger partial charge on any atom is 0.255 e. The van der Waals surface area contributed by atoms with Gasteiger partial charge in [-0.1, -0.05) is 12.1 Å². The number of nitrogens with one attached hydrogen (secondary N) is 3. The number of aryl methyl sites for hydroxylation is 1. The average Bonchev–Trinajstić information content (AvgIpc) is 3.40. The lowest BCUT2D eigenvalue weighted by Crippen LogP contribution is -2.38. The first-order chi connectivity index (χ1) is 15.9. The second kappa shape index (κ2) is 9.76. The van der Waals surface area contributed by atoms with E-state index in [9.17, 15) is 18.4 Å². The lowest BCUT2D eigenvalue weighted by atomic mass is 10.1. The van der Waals surface area contributed by atoms with E-state index in [2.05, 4.69) is 26.0 Å². The van der Waals surface area contributed by atoms with Crippen molar-refractivity contribution in [3.8, 4) is 11.3 Å². The zero-order chi connectivity index (χ0) is 23.4. The fourth-order valence-electron chi connectivity index (χ4n) is 3.70. The van der Waals surface area contributed by atoms with Crippen LogP contribution in [0.5, 0.6) is 0 Å². The first-order valence-electron chi connectivity index (χ1n) is 10.6. The van der Waals surface area contributed by atoms with Crippen molar-refractivity contribution in [2.75, 3.05) is 18.4 Å². The predicted molar refractivity (Wildman–Crippen MR) is 118 cm³/mol. The summed E-state index contributed by atoms with van der Waals surface area (Å²) in [6.45, 7) is 0.590. The highest BCUT2D eigenvalue weighted by atomic mass is 19.1. The van der Waals surface area contributed by atoms with E-state index < -0.39 is 11.7 Å². The third-order valence-electron chi connectivity index (χ3n) is 5.39. The Bertz CT molecular complexity index is 1180. The van der Waals surface area contributed by atoms with Crippen LogP contribution in [-0.4, -0.2) is 45.7 Å². The van der Waals surface area contributed by atoms with E-state index in [-0.39, 0.29) is 41.4 Å². The van der Waals surface area contributed by atoms with Gasteiger partial charge in [-0.05, 0) is 36.6 Å². The Hall–Kier alpha value is -3.82. The van der Waals surface area contributed by atoms with Crippen LogP contribution in [0.4, 0.5) is 14.6 Å². The first-order valence-corrected chi connectivity index (χ1v) is 10.6. The summed E-state index contributed by atoms with van der Waals surface area (Å²) in [4.78, 5) is 28.6. The molecule has 8 nitrogen and oxygen atoms in total. The minimum absolute atomic E-state index is 0.0451. The normalized spacial score (nSPS) is 15.4. The fourth-order valence-corrected chi connectivity index (χ4v) is 3.70. The van der Waals surface area contributed by atoms with Gasteiger partial charge in [0.05, 0.1) is 11.8 Å². The molecule has 0 saturated carbocycles. The van der Waals surface area contributed by atoms with Gasteiger partial charge in [-0.25, -0.2) is 13.8 Å². The molecule has 3 N–H and O–H groups in total. The largest absolute Gasteiger partial charge is 0.369 e. The summed E-state index contributed by atoms with van der Waals surface area (Å²) in [5.41, 5.74) is 1.36. The Morgan fingerprint density at radius 1 is 1.30 bits per heavy atom. The van der Waals surface area contributed by atoms with Crippen molar-refractivity contribution in [2.45, 2.75) is 25.3 Å². The van der Waals surface area contributed by atoms with Crippen LogP contribution in [0, 0.1) is 11.6 Å². The lowest BCUT2D eigenvalue weighted by molar-refractivity contribution is -0.119. The molecule has 3 aromatic rings. The monoisotopic (exact) mass is 454 g/mol. The van der Waals surface area contributed by atoms with E-state index >= 15 is 0 Å². The number of rotatable bonds is 8. The van der Waals surface area contributed by atoms with Gasteiger partial charge in [0, 0.05) is 44.4 Å². The highest BCUT2D eigenvalue weighted by Crippen LogP contribution is 2.25. The Morgan fingerprint density at radius 2 is 2.15 bits per heavy atom. The maximum atomic E-state index is 14.9. The van der Waals surface area contributed by atoms with Gasteiger partial charge in [-0.15, -0.1) is 0 Å². The van der Waals surface area contributed by atoms with Crippen LogP contribution >= 0.6 is 0 Å². The Balaban J connectivity index is 1.54. The number of pyridine rings is 1. The molecule has 1 aliphatic rings. The molecule has 3 heterocycles.